The quantitative estimate of drug-likeness (QED) is 0.681. The number of hydrogen-bond donors (Lipinski definition) is 2. The van der Waals surface area contributed by atoms with Crippen molar-refractivity contribution in [2.75, 3.05) is 0 Å². The summed E-state index contributed by atoms with van der Waals surface area (Å²) in [6, 6.07) is 0. The van der Waals surface area contributed by atoms with Crippen molar-refractivity contribution < 1.29 is 4.79 Å². The standard InChI is InChI=1S/C9H15N3O/c1-5-6(9(2,3)4)7(8(10)13)12-11-5/h1-4H3,(H2,10,13)(H,11,12). The first kappa shape index (κ1) is 9.77. The average molecular weight is 181 g/mol. The van der Waals surface area contributed by atoms with Crippen molar-refractivity contribution in [3.63, 3.8) is 0 Å². The largest absolute Gasteiger partial charge is 0.364 e. The first-order valence-electron chi connectivity index (χ1n) is 4.19. The van der Waals surface area contributed by atoms with Crippen LogP contribution in [0.25, 0.3) is 0 Å². The molecule has 1 heterocycles. The molecule has 1 aromatic rings. The number of carbonyl (C=O) groups is 1. The van der Waals surface area contributed by atoms with Gasteiger partial charge in [-0.2, -0.15) is 5.10 Å². The molecule has 1 amide bonds. The average Bonchev–Trinajstić information content (AvgIpc) is 2.28. The Morgan fingerprint density at radius 1 is 1.46 bits per heavy atom. The van der Waals surface area contributed by atoms with Crippen LogP contribution >= 0.6 is 0 Å². The molecule has 0 radical (unpaired) electrons. The smallest absolute Gasteiger partial charge is 0.269 e. The van der Waals surface area contributed by atoms with Crippen molar-refractivity contribution in [1.82, 2.24) is 10.2 Å². The second-order valence-electron chi connectivity index (χ2n) is 4.19. The molecule has 0 fully saturated rings. The van der Waals surface area contributed by atoms with E-state index in [1.807, 2.05) is 27.7 Å². The van der Waals surface area contributed by atoms with E-state index in [-0.39, 0.29) is 5.41 Å². The molecule has 4 heteroatoms. The highest BCUT2D eigenvalue weighted by Gasteiger charge is 2.25. The van der Waals surface area contributed by atoms with Gasteiger partial charge in [-0.25, -0.2) is 0 Å². The summed E-state index contributed by atoms with van der Waals surface area (Å²) in [5.74, 6) is -0.478. The van der Waals surface area contributed by atoms with Crippen molar-refractivity contribution in [3.05, 3.63) is 17.0 Å². The van der Waals surface area contributed by atoms with E-state index in [0.717, 1.165) is 11.3 Å². The molecule has 0 unspecified atom stereocenters. The maximum atomic E-state index is 11.0. The van der Waals surface area contributed by atoms with Crippen LogP contribution in [-0.4, -0.2) is 16.1 Å². The highest BCUT2D eigenvalue weighted by atomic mass is 16.1. The Morgan fingerprint density at radius 3 is 2.31 bits per heavy atom. The molecule has 13 heavy (non-hydrogen) atoms. The third kappa shape index (κ3) is 1.71. The molecule has 0 spiro atoms. The first-order chi connectivity index (χ1) is 5.84. The zero-order valence-corrected chi connectivity index (χ0v) is 8.43. The molecule has 0 atom stereocenters. The van der Waals surface area contributed by atoms with Gasteiger partial charge >= 0.3 is 0 Å². The zero-order chi connectivity index (χ0) is 10.2. The lowest BCUT2D eigenvalue weighted by atomic mass is 9.85. The number of rotatable bonds is 1. The second-order valence-corrected chi connectivity index (χ2v) is 4.19. The van der Waals surface area contributed by atoms with E-state index in [9.17, 15) is 4.79 Å². The second kappa shape index (κ2) is 2.87. The topological polar surface area (TPSA) is 71.8 Å². The Hall–Kier alpha value is -1.32. The predicted molar refractivity (Wildman–Crippen MR) is 50.5 cm³/mol. The zero-order valence-electron chi connectivity index (χ0n) is 8.43. The van der Waals surface area contributed by atoms with E-state index in [2.05, 4.69) is 10.2 Å². The molecule has 0 saturated heterocycles. The molecule has 0 aromatic carbocycles. The van der Waals surface area contributed by atoms with Crippen LogP contribution in [0.15, 0.2) is 0 Å². The fourth-order valence-electron chi connectivity index (χ4n) is 1.53. The number of aryl methyl sites for hydroxylation is 1. The highest BCUT2D eigenvalue weighted by Crippen LogP contribution is 2.26. The summed E-state index contributed by atoms with van der Waals surface area (Å²) in [6.07, 6.45) is 0. The van der Waals surface area contributed by atoms with Crippen molar-refractivity contribution in [2.45, 2.75) is 33.1 Å². The summed E-state index contributed by atoms with van der Waals surface area (Å²) in [6.45, 7) is 7.96. The molecule has 72 valence electrons. The van der Waals surface area contributed by atoms with E-state index in [4.69, 9.17) is 5.73 Å². The summed E-state index contributed by atoms with van der Waals surface area (Å²) in [5, 5.41) is 6.66. The molecule has 0 bridgehead atoms. The maximum absolute atomic E-state index is 11.0. The first-order valence-corrected chi connectivity index (χ1v) is 4.19. The van der Waals surface area contributed by atoms with Crippen LogP contribution in [0.2, 0.25) is 0 Å². The van der Waals surface area contributed by atoms with Crippen LogP contribution in [0.1, 0.15) is 42.5 Å². The summed E-state index contributed by atoms with van der Waals surface area (Å²) in [4.78, 5) is 11.0. The number of carbonyl (C=O) groups excluding carboxylic acids is 1. The third-order valence-electron chi connectivity index (χ3n) is 1.93. The molecular formula is C9H15N3O. The fourth-order valence-corrected chi connectivity index (χ4v) is 1.53. The van der Waals surface area contributed by atoms with Gasteiger partial charge in [-0.05, 0) is 12.3 Å². The number of nitrogens with one attached hydrogen (secondary N) is 1. The third-order valence-corrected chi connectivity index (χ3v) is 1.93. The summed E-state index contributed by atoms with van der Waals surface area (Å²) >= 11 is 0. The Labute approximate surface area is 77.5 Å². The van der Waals surface area contributed by atoms with Crippen LogP contribution < -0.4 is 5.73 Å². The number of hydrogen-bond acceptors (Lipinski definition) is 2. The van der Waals surface area contributed by atoms with Gasteiger partial charge in [0.15, 0.2) is 5.69 Å². The Balaban J connectivity index is 3.33. The molecule has 0 aliphatic rings. The number of nitrogens with two attached hydrogens (primary N) is 1. The van der Waals surface area contributed by atoms with Gasteiger partial charge in [-0.1, -0.05) is 20.8 Å². The number of nitrogens with zero attached hydrogens (tertiary/aromatic N) is 1. The minimum atomic E-state index is -0.478. The Morgan fingerprint density at radius 2 is 2.00 bits per heavy atom. The lowest BCUT2D eigenvalue weighted by Gasteiger charge is -2.18. The molecule has 0 aliphatic carbocycles. The van der Waals surface area contributed by atoms with Crippen molar-refractivity contribution in [2.24, 2.45) is 5.73 Å². The number of aromatic amines is 1. The molecule has 1 aromatic heterocycles. The molecular weight excluding hydrogens is 166 g/mol. The highest BCUT2D eigenvalue weighted by molar-refractivity contribution is 5.92. The molecule has 0 aliphatic heterocycles. The van der Waals surface area contributed by atoms with E-state index in [0.29, 0.717) is 5.69 Å². The van der Waals surface area contributed by atoms with Crippen LogP contribution in [0.5, 0.6) is 0 Å². The van der Waals surface area contributed by atoms with Crippen molar-refractivity contribution in [1.29, 1.82) is 0 Å². The fraction of sp³-hybridized carbons (Fsp3) is 0.556. The van der Waals surface area contributed by atoms with Crippen LogP contribution in [0, 0.1) is 6.92 Å². The summed E-state index contributed by atoms with van der Waals surface area (Å²) in [7, 11) is 0. The van der Waals surface area contributed by atoms with Gasteiger partial charge in [0.1, 0.15) is 0 Å². The molecule has 1 rings (SSSR count). The monoisotopic (exact) mass is 181 g/mol. The van der Waals surface area contributed by atoms with Gasteiger partial charge in [-0.3, -0.25) is 9.89 Å². The van der Waals surface area contributed by atoms with E-state index in [1.165, 1.54) is 0 Å². The number of H-pyrrole nitrogens is 1. The normalized spacial score (nSPS) is 11.7. The Bertz CT molecular complexity index is 333. The number of aromatic nitrogens is 2. The lowest BCUT2D eigenvalue weighted by Crippen LogP contribution is -2.21. The minimum absolute atomic E-state index is 0.110. The van der Waals surface area contributed by atoms with E-state index in [1.54, 1.807) is 0 Å². The number of primary amides is 1. The maximum Gasteiger partial charge on any atom is 0.269 e. The van der Waals surface area contributed by atoms with Gasteiger partial charge in [0.25, 0.3) is 5.91 Å². The Kier molecular flexibility index (Phi) is 2.15. The van der Waals surface area contributed by atoms with E-state index >= 15 is 0 Å². The van der Waals surface area contributed by atoms with Crippen LogP contribution in [0.3, 0.4) is 0 Å². The lowest BCUT2D eigenvalue weighted by molar-refractivity contribution is 0.0993. The van der Waals surface area contributed by atoms with E-state index < -0.39 is 5.91 Å². The minimum Gasteiger partial charge on any atom is -0.364 e. The molecule has 0 saturated carbocycles. The van der Waals surface area contributed by atoms with Gasteiger partial charge in [0.05, 0.1) is 0 Å². The summed E-state index contributed by atoms with van der Waals surface area (Å²) in [5.41, 5.74) is 7.25. The predicted octanol–water partition coefficient (Wildman–Crippen LogP) is 1.11. The molecule has 4 nitrogen and oxygen atoms in total. The van der Waals surface area contributed by atoms with Crippen LogP contribution in [0.4, 0.5) is 0 Å². The SMILES string of the molecule is Cc1[nH]nc(C(N)=O)c1C(C)(C)C. The van der Waals surface area contributed by atoms with Gasteiger partial charge < -0.3 is 5.73 Å². The van der Waals surface area contributed by atoms with Crippen molar-refractivity contribution >= 4 is 5.91 Å². The van der Waals surface area contributed by atoms with Gasteiger partial charge in [-0.15, -0.1) is 0 Å². The van der Waals surface area contributed by atoms with Gasteiger partial charge in [0.2, 0.25) is 0 Å². The van der Waals surface area contributed by atoms with Crippen molar-refractivity contribution in [3.8, 4) is 0 Å². The van der Waals surface area contributed by atoms with Crippen LogP contribution in [-0.2, 0) is 5.41 Å². The molecule has 3 N–H and O–H groups in total. The van der Waals surface area contributed by atoms with Gasteiger partial charge in [0, 0.05) is 11.3 Å². The number of amides is 1. The summed E-state index contributed by atoms with van der Waals surface area (Å²) < 4.78 is 0.